The molecule has 0 bridgehead atoms. The average Bonchev–Trinajstić information content (AvgIpc) is 3.80. The molecule has 57 heavy (non-hydrogen) atoms. The van der Waals surface area contributed by atoms with E-state index >= 15 is 0 Å². The van der Waals surface area contributed by atoms with Gasteiger partial charge in [0.15, 0.2) is 0 Å². The quantitative estimate of drug-likeness (QED) is 0.150. The molecule has 8 radical (unpaired) electrons. The van der Waals surface area contributed by atoms with Crippen molar-refractivity contribution in [3.8, 4) is 0 Å². The van der Waals surface area contributed by atoms with Gasteiger partial charge in [0.05, 0.1) is 49.8 Å². The van der Waals surface area contributed by atoms with Gasteiger partial charge in [-0.3, -0.25) is 13.7 Å². The molecule has 3 N–H and O–H groups in total. The Balaban J connectivity index is 0.000000325. The highest BCUT2D eigenvalue weighted by Gasteiger charge is 2.58. The van der Waals surface area contributed by atoms with Crippen LogP contribution in [0.5, 0.6) is 0 Å². The highest BCUT2D eigenvalue weighted by atomic mass is 31.2. The Bertz CT molecular complexity index is 1290. The van der Waals surface area contributed by atoms with Crippen molar-refractivity contribution >= 4 is 47.0 Å². The molecule has 2 unspecified atom stereocenters. The van der Waals surface area contributed by atoms with E-state index in [0.29, 0.717) is 12.8 Å². The fourth-order valence-electron chi connectivity index (χ4n) is 6.24. The summed E-state index contributed by atoms with van der Waals surface area (Å²) in [6.07, 6.45) is -2.21. The molecule has 0 aromatic carbocycles. The Morgan fingerprint density at radius 3 is 1.82 bits per heavy atom. The third-order valence-corrected chi connectivity index (χ3v) is 10.6. The summed E-state index contributed by atoms with van der Waals surface area (Å²) in [6, 6.07) is -2.35. The highest BCUT2D eigenvalue weighted by molar-refractivity contribution is 7.46. The van der Waals surface area contributed by atoms with Gasteiger partial charge < -0.3 is 76.9 Å². The maximum Gasteiger partial charge on any atom is 0.271 e. The predicted octanol–water partition coefficient (Wildman–Crippen LogP) is -0.252. The van der Waals surface area contributed by atoms with E-state index in [4.69, 9.17) is 92.5 Å². The van der Waals surface area contributed by atoms with Crippen LogP contribution < -0.4 is 9.79 Å². The Kier molecular flexibility index (Phi) is 21.4. The molecular weight excluding hydrogens is 794 g/mol. The van der Waals surface area contributed by atoms with E-state index in [9.17, 15) is 24.0 Å². The first kappa shape index (κ1) is 53.2. The number of phosphoric ester groups is 2. The summed E-state index contributed by atoms with van der Waals surface area (Å²) in [5, 5.41) is 19.5. The molecule has 25 heteroatoms. The van der Waals surface area contributed by atoms with E-state index in [1.54, 1.807) is 13.8 Å². The second kappa shape index (κ2) is 22.9. The van der Waals surface area contributed by atoms with Crippen molar-refractivity contribution in [2.75, 3.05) is 26.4 Å². The van der Waals surface area contributed by atoms with Crippen LogP contribution in [0.15, 0.2) is 0 Å². The molecule has 0 aliphatic carbocycles. The van der Waals surface area contributed by atoms with Gasteiger partial charge in [-0.15, -0.1) is 0 Å². The summed E-state index contributed by atoms with van der Waals surface area (Å²) < 4.78 is 86.2. The van der Waals surface area contributed by atoms with Crippen LogP contribution in [0.2, 0.25) is 0 Å². The second-order valence-corrected chi connectivity index (χ2v) is 17.8. The number of ether oxygens (including phenoxy) is 8. The van der Waals surface area contributed by atoms with Gasteiger partial charge in [0.25, 0.3) is 15.6 Å². The highest BCUT2D eigenvalue weighted by Crippen LogP contribution is 2.58. The minimum Gasteiger partial charge on any atom is -0.870 e. The van der Waals surface area contributed by atoms with Crippen molar-refractivity contribution in [2.24, 2.45) is 0 Å². The van der Waals surface area contributed by atoms with Crippen molar-refractivity contribution in [3.63, 3.8) is 0 Å². The molecule has 0 saturated carbocycles. The van der Waals surface area contributed by atoms with Crippen LogP contribution in [0.1, 0.15) is 81.1 Å². The number of hydrogen-bond acceptors (Lipinski definition) is 19. The molecule has 0 aromatic heterocycles. The van der Waals surface area contributed by atoms with Gasteiger partial charge in [-0.25, -0.2) is 0 Å². The lowest BCUT2D eigenvalue weighted by Crippen LogP contribution is -2.46. The number of rotatable bonds is 16. The normalized spacial score (nSPS) is 39.8. The zero-order valence-corrected chi connectivity index (χ0v) is 35.6. The minimum absolute atomic E-state index is 0. The SMILES string of the molecule is [B][C@H]1C[C@@H](OC(C)C)[C@@H](CO)O1.[B][C@H]1C[C@@H](OC(C)C)[C@@H](COP(=O)([O-])O[C@@H]2C[C@H]([B])O[C@]2(O)COC(C)C)O1.[B][C@H]1C[C@H]2OP(=O)([O-])O[C@]2(COC(C)C)O1.[OH-]. The molecule has 5 aliphatic rings. The Morgan fingerprint density at radius 2 is 1.30 bits per heavy atom. The van der Waals surface area contributed by atoms with E-state index in [0.717, 1.165) is 0 Å². The van der Waals surface area contributed by atoms with Gasteiger partial charge in [0.2, 0.25) is 11.6 Å². The summed E-state index contributed by atoms with van der Waals surface area (Å²) >= 11 is 0. The molecule has 5 fully saturated rings. The van der Waals surface area contributed by atoms with E-state index in [1.165, 1.54) is 0 Å². The van der Waals surface area contributed by atoms with Crippen LogP contribution in [0, 0.1) is 0 Å². The van der Waals surface area contributed by atoms with Crippen LogP contribution in [0.25, 0.3) is 0 Å². The molecule has 0 aromatic rings. The number of aliphatic hydroxyl groups excluding tert-OH is 1. The summed E-state index contributed by atoms with van der Waals surface area (Å²) in [6.45, 7) is 14.1. The van der Waals surface area contributed by atoms with Crippen molar-refractivity contribution < 1.29 is 90.6 Å². The van der Waals surface area contributed by atoms with Crippen molar-refractivity contribution in [3.05, 3.63) is 0 Å². The third kappa shape index (κ3) is 17.0. The van der Waals surface area contributed by atoms with Gasteiger partial charge in [0.1, 0.15) is 69.0 Å². The van der Waals surface area contributed by atoms with Gasteiger partial charge >= 0.3 is 0 Å². The van der Waals surface area contributed by atoms with E-state index in [2.05, 4.69) is 0 Å². The summed E-state index contributed by atoms with van der Waals surface area (Å²) in [4.78, 5) is 23.5. The van der Waals surface area contributed by atoms with E-state index < -0.39 is 69.6 Å². The first-order valence-electron chi connectivity index (χ1n) is 18.8. The van der Waals surface area contributed by atoms with Crippen LogP contribution in [-0.4, -0.2) is 170 Å². The first-order valence-corrected chi connectivity index (χ1v) is 21.7. The molecule has 5 saturated heterocycles. The zero-order valence-electron chi connectivity index (χ0n) is 33.8. The second-order valence-electron chi connectivity index (χ2n) is 15.2. The average molecular weight is 851 g/mol. The molecule has 14 atom stereocenters. The largest absolute Gasteiger partial charge is 0.870 e. The van der Waals surface area contributed by atoms with Gasteiger partial charge in [-0.2, -0.15) is 0 Å². The predicted molar refractivity (Wildman–Crippen MR) is 199 cm³/mol. The molecule has 19 nitrogen and oxygen atoms in total. The minimum atomic E-state index is -4.81. The molecule has 5 aliphatic heterocycles. The standard InChI is InChI=1S/C16H29B2O9P.C8H14BO6P.C8H15BO3.H2O/c1-9(2)22-8-16(19)13(6-15(18)26-16)27-28(20,21)23-7-12-11(24-10(3)4)5-14(17)25-12;1-5(2)12-4-8-6(3-7(9)13-8)14-16(10,11)15-8;1-5(2)11-6-3-8(9)12-7(6)4-10;/h9-15,19H,5-8H2,1-4H3,(H,20,21);5-7H,3-4H2,1-2H3,(H,10,11);5-8,10H,3-4H2,1-2H3;1H2/p-3/t11-,12-,13-,14-,15-,16-;6-,7-,8+;6-,7-,8-;/m111./s1. The van der Waals surface area contributed by atoms with E-state index in [-0.39, 0.29) is 87.4 Å². The lowest BCUT2D eigenvalue weighted by Gasteiger charge is -2.34. The van der Waals surface area contributed by atoms with Crippen molar-refractivity contribution in [1.82, 2.24) is 0 Å². The van der Waals surface area contributed by atoms with E-state index in [1.807, 2.05) is 41.5 Å². The number of fused-ring (bicyclic) bond motifs is 1. The first-order chi connectivity index (χ1) is 25.9. The fourth-order valence-corrected chi connectivity index (χ4v) is 8.38. The Hall–Kier alpha value is 0.0397. The fraction of sp³-hybridized carbons (Fsp3) is 1.00. The number of aliphatic hydroxyl groups is 2. The van der Waals surface area contributed by atoms with Crippen LogP contribution >= 0.6 is 15.6 Å². The maximum atomic E-state index is 12.3. The molecule has 0 amide bonds. The van der Waals surface area contributed by atoms with Gasteiger partial charge in [-0.05, 0) is 81.1 Å². The third-order valence-electron chi connectivity index (χ3n) is 8.54. The maximum absolute atomic E-state index is 12.3. The topological polar surface area (TPSA) is 261 Å². The number of phosphoric acid groups is 2. The molecule has 0 spiro atoms. The monoisotopic (exact) mass is 851 g/mol. The number of hydrogen-bond donors (Lipinski definition) is 2. The molecule has 5 rings (SSSR count). The van der Waals surface area contributed by atoms with Gasteiger partial charge in [0, 0.05) is 24.0 Å². The summed E-state index contributed by atoms with van der Waals surface area (Å²) in [5.41, 5.74) is 0. The van der Waals surface area contributed by atoms with Crippen molar-refractivity contribution in [1.29, 1.82) is 0 Å². The molecular formula is C32H57B4O19P2-3. The van der Waals surface area contributed by atoms with Crippen LogP contribution in [0.4, 0.5) is 0 Å². The van der Waals surface area contributed by atoms with Crippen molar-refractivity contribution in [2.45, 2.75) is 178 Å². The molecule has 324 valence electrons. The van der Waals surface area contributed by atoms with Gasteiger partial charge in [-0.1, -0.05) is 0 Å². The summed E-state index contributed by atoms with van der Waals surface area (Å²) in [5.74, 6) is -3.40. The lowest BCUT2D eigenvalue weighted by molar-refractivity contribution is -0.271. The van der Waals surface area contributed by atoms with Crippen LogP contribution in [0.3, 0.4) is 0 Å². The van der Waals surface area contributed by atoms with Crippen LogP contribution in [-0.2, 0) is 65.1 Å². The lowest BCUT2D eigenvalue weighted by atomic mass is 9.96. The summed E-state index contributed by atoms with van der Waals surface area (Å²) in [7, 11) is 13.5. The smallest absolute Gasteiger partial charge is 0.271 e. The Morgan fingerprint density at radius 1 is 0.789 bits per heavy atom. The zero-order chi connectivity index (χ0) is 42.2. The molecule has 5 heterocycles. The Labute approximate surface area is 341 Å².